The molecule has 198 valence electrons. The lowest BCUT2D eigenvalue weighted by molar-refractivity contribution is -0.116. The Hall–Kier alpha value is -3.07. The molecule has 0 bridgehead atoms. The second-order valence-corrected chi connectivity index (χ2v) is 10.6. The monoisotopic (exact) mass is 545 g/mol. The van der Waals surface area contributed by atoms with E-state index >= 15 is 0 Å². The van der Waals surface area contributed by atoms with E-state index in [1.54, 1.807) is 30.0 Å². The van der Waals surface area contributed by atoms with Crippen molar-refractivity contribution in [2.75, 3.05) is 37.4 Å². The first-order chi connectivity index (χ1) is 17.5. The van der Waals surface area contributed by atoms with Gasteiger partial charge in [0, 0.05) is 36.8 Å². The molecule has 3 amide bonds. The lowest BCUT2D eigenvalue weighted by atomic mass is 9.92. The molecule has 37 heavy (non-hydrogen) atoms. The average Bonchev–Trinajstić information content (AvgIpc) is 3.24. The molecule has 3 rings (SSSR count). The second kappa shape index (κ2) is 12.4. The molecule has 2 aromatic carbocycles. The van der Waals surface area contributed by atoms with Crippen LogP contribution in [-0.4, -0.2) is 53.4 Å². The summed E-state index contributed by atoms with van der Waals surface area (Å²) in [5.41, 5.74) is 2.89. The van der Waals surface area contributed by atoms with Crippen molar-refractivity contribution in [1.82, 2.24) is 14.7 Å². The van der Waals surface area contributed by atoms with Crippen LogP contribution in [0.2, 0.25) is 10.0 Å². The minimum atomic E-state index is -0.460. The van der Waals surface area contributed by atoms with Gasteiger partial charge in [0.15, 0.2) is 0 Å². The zero-order valence-corrected chi connectivity index (χ0v) is 23.3. The molecular weight excluding hydrogens is 513 g/mol. The molecule has 0 aliphatic heterocycles. The van der Waals surface area contributed by atoms with E-state index in [2.05, 4.69) is 31.4 Å². The Morgan fingerprint density at radius 1 is 1.08 bits per heavy atom. The van der Waals surface area contributed by atoms with Crippen LogP contribution < -0.4 is 10.6 Å². The van der Waals surface area contributed by atoms with Gasteiger partial charge in [-0.3, -0.25) is 4.79 Å². The van der Waals surface area contributed by atoms with Gasteiger partial charge in [0.2, 0.25) is 5.91 Å². The third-order valence-electron chi connectivity index (χ3n) is 5.66. The van der Waals surface area contributed by atoms with E-state index < -0.39 is 6.03 Å². The molecule has 8 nitrogen and oxygen atoms in total. The number of carbonyl (C=O) groups is 2. The van der Waals surface area contributed by atoms with Gasteiger partial charge < -0.3 is 20.3 Å². The predicted octanol–water partition coefficient (Wildman–Crippen LogP) is 6.29. The molecule has 3 aromatic rings. The number of aromatic nitrogens is 2. The molecular formula is C27H33Cl2N5O3. The maximum Gasteiger partial charge on any atom is 0.322 e. The first kappa shape index (κ1) is 28.5. The number of benzene rings is 2. The number of anilines is 2. The fourth-order valence-corrected chi connectivity index (χ4v) is 4.07. The summed E-state index contributed by atoms with van der Waals surface area (Å²) < 4.78 is 6.86. The number of ether oxygens (including phenoxy) is 1. The molecule has 1 heterocycles. The summed E-state index contributed by atoms with van der Waals surface area (Å²) in [7, 11) is 1.59. The van der Waals surface area contributed by atoms with Crippen molar-refractivity contribution in [3.63, 3.8) is 0 Å². The van der Waals surface area contributed by atoms with Crippen molar-refractivity contribution in [2.24, 2.45) is 0 Å². The summed E-state index contributed by atoms with van der Waals surface area (Å²) in [6, 6.07) is 14.0. The molecule has 0 saturated heterocycles. The average molecular weight is 546 g/mol. The number of carbonyl (C=O) groups excluding carboxylic acids is 2. The fourth-order valence-electron chi connectivity index (χ4n) is 3.61. The third kappa shape index (κ3) is 7.71. The van der Waals surface area contributed by atoms with Crippen LogP contribution in [0.3, 0.4) is 0 Å². The van der Waals surface area contributed by atoms with Crippen molar-refractivity contribution in [2.45, 2.75) is 39.5 Å². The van der Waals surface area contributed by atoms with E-state index in [1.807, 2.05) is 37.3 Å². The van der Waals surface area contributed by atoms with E-state index in [0.29, 0.717) is 41.1 Å². The molecule has 2 N–H and O–H groups in total. The van der Waals surface area contributed by atoms with Gasteiger partial charge in [-0.2, -0.15) is 5.10 Å². The minimum Gasteiger partial charge on any atom is -0.385 e. The van der Waals surface area contributed by atoms with Crippen LogP contribution >= 0.6 is 23.2 Å². The molecule has 10 heteroatoms. The Kier molecular flexibility index (Phi) is 9.59. The van der Waals surface area contributed by atoms with Gasteiger partial charge in [0.05, 0.1) is 22.1 Å². The first-order valence-corrected chi connectivity index (χ1v) is 12.7. The van der Waals surface area contributed by atoms with E-state index in [9.17, 15) is 9.59 Å². The molecule has 1 aromatic heterocycles. The quantitative estimate of drug-likeness (QED) is 0.309. The number of urea groups is 1. The number of hydrogen-bond acceptors (Lipinski definition) is 4. The number of amides is 3. The fraction of sp³-hybridized carbons (Fsp3) is 0.370. The molecule has 0 aliphatic rings. The van der Waals surface area contributed by atoms with Gasteiger partial charge in [0.25, 0.3) is 0 Å². The zero-order valence-electron chi connectivity index (χ0n) is 21.8. The molecule has 0 aliphatic carbocycles. The maximum atomic E-state index is 13.2. The summed E-state index contributed by atoms with van der Waals surface area (Å²) in [6.07, 6.45) is 0.556. The van der Waals surface area contributed by atoms with Crippen LogP contribution in [-0.2, 0) is 14.9 Å². The van der Waals surface area contributed by atoms with Crippen LogP contribution in [0.5, 0.6) is 0 Å². The second-order valence-electron chi connectivity index (χ2n) is 9.73. The Labute approximate surface area is 227 Å². The number of aryl methyl sites for hydroxylation is 1. The van der Waals surface area contributed by atoms with E-state index in [4.69, 9.17) is 33.0 Å². The Morgan fingerprint density at radius 2 is 1.81 bits per heavy atom. The van der Waals surface area contributed by atoms with Gasteiger partial charge in [-0.25, -0.2) is 9.48 Å². The molecule has 0 spiro atoms. The predicted molar refractivity (Wildman–Crippen MR) is 149 cm³/mol. The Balaban J connectivity index is 1.82. The summed E-state index contributed by atoms with van der Waals surface area (Å²) >= 11 is 12.2. The summed E-state index contributed by atoms with van der Waals surface area (Å²) in [4.78, 5) is 27.7. The zero-order chi connectivity index (χ0) is 27.2. The first-order valence-electron chi connectivity index (χ1n) is 12.0. The Bertz CT molecular complexity index is 1250. The number of rotatable bonds is 9. The third-order valence-corrected chi connectivity index (χ3v) is 6.21. The molecule has 0 saturated carbocycles. The van der Waals surface area contributed by atoms with Crippen molar-refractivity contribution in [3.05, 3.63) is 69.8 Å². The van der Waals surface area contributed by atoms with Gasteiger partial charge >= 0.3 is 6.03 Å². The van der Waals surface area contributed by atoms with E-state index in [-0.39, 0.29) is 17.9 Å². The van der Waals surface area contributed by atoms with Crippen molar-refractivity contribution in [1.29, 1.82) is 0 Å². The van der Waals surface area contributed by atoms with Gasteiger partial charge in [-0.1, -0.05) is 62.2 Å². The number of nitrogens with one attached hydrogen (secondary N) is 2. The highest BCUT2D eigenvalue weighted by atomic mass is 35.5. The Morgan fingerprint density at radius 3 is 2.46 bits per heavy atom. The molecule has 0 atom stereocenters. The van der Waals surface area contributed by atoms with Gasteiger partial charge in [0.1, 0.15) is 12.4 Å². The molecule has 0 unspecified atom stereocenters. The lowest BCUT2D eigenvalue weighted by Gasteiger charge is -2.23. The largest absolute Gasteiger partial charge is 0.385 e. The van der Waals surface area contributed by atoms with Crippen LogP contribution in [0.15, 0.2) is 48.5 Å². The summed E-state index contributed by atoms with van der Waals surface area (Å²) in [5, 5.41) is 11.3. The smallest absolute Gasteiger partial charge is 0.322 e. The highest BCUT2D eigenvalue weighted by Gasteiger charge is 2.24. The SMILES string of the molecule is COCCCN(CC(=O)Nc1cc(C(C)(C)C)nn1-c1ccccc1C)C(=O)Nc1ccc(Cl)cc1Cl. The normalized spacial score (nSPS) is 11.3. The molecule has 0 fully saturated rings. The van der Waals surface area contributed by atoms with Crippen LogP contribution in [0.4, 0.5) is 16.3 Å². The van der Waals surface area contributed by atoms with Crippen LogP contribution in [0.1, 0.15) is 38.4 Å². The van der Waals surface area contributed by atoms with E-state index in [0.717, 1.165) is 16.9 Å². The summed E-state index contributed by atoms with van der Waals surface area (Å²) in [6.45, 7) is 8.76. The number of methoxy groups -OCH3 is 1. The number of halogens is 2. The van der Waals surface area contributed by atoms with Crippen LogP contribution in [0, 0.1) is 6.92 Å². The minimum absolute atomic E-state index is 0.176. The van der Waals surface area contributed by atoms with Crippen molar-refractivity contribution in [3.8, 4) is 5.69 Å². The lowest BCUT2D eigenvalue weighted by Crippen LogP contribution is -2.41. The number of hydrogen-bond donors (Lipinski definition) is 2. The van der Waals surface area contributed by atoms with Crippen molar-refractivity contribution >= 4 is 46.6 Å². The number of para-hydroxylation sites is 1. The maximum absolute atomic E-state index is 13.2. The van der Waals surface area contributed by atoms with E-state index in [1.165, 1.54) is 4.90 Å². The van der Waals surface area contributed by atoms with Crippen molar-refractivity contribution < 1.29 is 14.3 Å². The number of nitrogens with zero attached hydrogens (tertiary/aromatic N) is 3. The van der Waals surface area contributed by atoms with Gasteiger partial charge in [-0.15, -0.1) is 0 Å². The molecule has 0 radical (unpaired) electrons. The summed E-state index contributed by atoms with van der Waals surface area (Å²) in [5.74, 6) is 0.173. The highest BCUT2D eigenvalue weighted by molar-refractivity contribution is 6.36. The van der Waals surface area contributed by atoms with Gasteiger partial charge in [-0.05, 0) is 43.2 Å². The van der Waals surface area contributed by atoms with Crippen LogP contribution in [0.25, 0.3) is 5.69 Å². The highest BCUT2D eigenvalue weighted by Crippen LogP contribution is 2.28. The standard InChI is InChI=1S/C27H33Cl2N5O3/c1-18-9-6-7-10-22(18)34-24(16-23(32-34)27(2,3)4)31-25(35)17-33(13-8-14-37-5)26(36)30-21-12-11-19(28)15-20(21)29/h6-7,9-12,15-16H,8,13-14,17H2,1-5H3,(H,30,36)(H,31,35). The topological polar surface area (TPSA) is 88.5 Å².